The van der Waals surface area contributed by atoms with Gasteiger partial charge in [0.2, 0.25) is 0 Å². The van der Waals surface area contributed by atoms with E-state index in [1.165, 1.54) is 96.3 Å². The van der Waals surface area contributed by atoms with Crippen molar-refractivity contribution in [1.82, 2.24) is 0 Å². The molecule has 1 N–H and O–H groups in total. The molecule has 0 aromatic carbocycles. The van der Waals surface area contributed by atoms with Crippen molar-refractivity contribution in [3.63, 3.8) is 0 Å². The van der Waals surface area contributed by atoms with Gasteiger partial charge in [0.25, 0.3) is 0 Å². The maximum atomic E-state index is 12.8. The molecule has 2 unspecified atom stereocenters. The SMILES string of the molecule is CC/C=C\C/C=C\C/C=C\C/C=C\C/C=C\C/C=C\C/C=C\CCCCCCCCCCCCCC(=O)OC(COC(=O)CCCCCCCCC/C=C\C/C=C\CCCCCC)COP(=O)(O)OCC[N+](C)(C)C. The molecule has 10 heteroatoms. The average Bonchev–Trinajstić information content (AvgIpc) is 3.37. The Bertz CT molecular complexity index is 1630. The number of phosphoric acid groups is 1. The number of hydrogen-bond acceptors (Lipinski definition) is 7. The molecule has 0 heterocycles. The standard InChI is InChI=1S/C65H112NO8P/c1-6-8-10-12-14-16-18-20-22-24-26-27-28-29-30-31-32-33-34-35-36-37-38-39-40-42-44-46-48-50-52-54-56-58-65(68)74-63(62-73-75(69,70)72-60-59-66(3,4)5)61-71-64(67)57-55-53-51-49-47-45-43-41-25-23-21-19-17-15-13-11-9-7-2/h8,10,14,16-17,19-20,22-23,25-27,29-30,32-33,35-36,63H,6-7,9,11-13,15,18,21,24,28,31,34,37-62H2,1-5H3/p+1/b10-8-,16-14-,19-17-,22-20-,25-23-,27-26-,30-29-,33-32-,36-35-. The molecule has 75 heavy (non-hydrogen) atoms. The van der Waals surface area contributed by atoms with E-state index in [0.29, 0.717) is 17.4 Å². The zero-order chi connectivity index (χ0) is 54.9. The number of hydrogen-bond donors (Lipinski definition) is 1. The fraction of sp³-hybridized carbons (Fsp3) is 0.692. The Labute approximate surface area is 461 Å². The second-order valence-corrected chi connectivity index (χ2v) is 22.5. The van der Waals surface area contributed by atoms with Crippen LogP contribution in [-0.2, 0) is 32.7 Å². The molecule has 430 valence electrons. The van der Waals surface area contributed by atoms with E-state index in [4.69, 9.17) is 18.5 Å². The van der Waals surface area contributed by atoms with E-state index in [9.17, 15) is 19.0 Å². The Hall–Kier alpha value is -3.33. The number of nitrogens with zero attached hydrogens (tertiary/aromatic N) is 1. The van der Waals surface area contributed by atoms with Gasteiger partial charge in [0.15, 0.2) is 6.10 Å². The molecule has 0 amide bonds. The first kappa shape index (κ1) is 71.7. The number of ether oxygens (including phenoxy) is 2. The largest absolute Gasteiger partial charge is 0.472 e. The number of phosphoric ester groups is 1. The maximum absolute atomic E-state index is 12.8. The molecule has 0 aromatic heterocycles. The number of carbonyl (C=O) groups is 2. The molecule has 0 radical (unpaired) electrons. The zero-order valence-electron chi connectivity index (χ0n) is 48.7. The summed E-state index contributed by atoms with van der Waals surface area (Å²) in [6.07, 6.45) is 77.3. The summed E-state index contributed by atoms with van der Waals surface area (Å²) in [4.78, 5) is 35.7. The summed E-state index contributed by atoms with van der Waals surface area (Å²) in [6.45, 7) is 4.29. The third kappa shape index (κ3) is 59.8. The predicted molar refractivity (Wildman–Crippen MR) is 321 cm³/mol. The fourth-order valence-corrected chi connectivity index (χ4v) is 8.65. The highest BCUT2D eigenvalue weighted by molar-refractivity contribution is 7.47. The number of likely N-dealkylation sites (N-methyl/N-ethyl adjacent to an activating group) is 1. The van der Waals surface area contributed by atoms with Gasteiger partial charge in [0.05, 0.1) is 27.7 Å². The van der Waals surface area contributed by atoms with E-state index in [-0.39, 0.29) is 32.0 Å². The predicted octanol–water partition coefficient (Wildman–Crippen LogP) is 19.0. The summed E-state index contributed by atoms with van der Waals surface area (Å²) >= 11 is 0. The third-order valence-corrected chi connectivity index (χ3v) is 13.5. The van der Waals surface area contributed by atoms with Crippen LogP contribution in [0, 0.1) is 0 Å². The van der Waals surface area contributed by atoms with E-state index in [2.05, 4.69) is 123 Å². The van der Waals surface area contributed by atoms with E-state index in [1.807, 2.05) is 21.1 Å². The molecule has 9 nitrogen and oxygen atoms in total. The lowest BCUT2D eigenvalue weighted by atomic mass is 10.0. The van der Waals surface area contributed by atoms with Crippen LogP contribution in [0.3, 0.4) is 0 Å². The van der Waals surface area contributed by atoms with Crippen molar-refractivity contribution in [2.24, 2.45) is 0 Å². The minimum atomic E-state index is -4.39. The molecule has 0 saturated heterocycles. The van der Waals surface area contributed by atoms with Gasteiger partial charge >= 0.3 is 19.8 Å². The zero-order valence-corrected chi connectivity index (χ0v) is 49.6. The first-order valence-corrected chi connectivity index (χ1v) is 31.6. The van der Waals surface area contributed by atoms with Gasteiger partial charge in [-0.05, 0) is 103 Å². The lowest BCUT2D eigenvalue weighted by Crippen LogP contribution is -2.37. The van der Waals surface area contributed by atoms with Gasteiger partial charge in [-0.25, -0.2) is 4.57 Å². The quantitative estimate of drug-likeness (QED) is 0.0211. The van der Waals surface area contributed by atoms with E-state index in [0.717, 1.165) is 109 Å². The van der Waals surface area contributed by atoms with Crippen LogP contribution < -0.4 is 0 Å². The van der Waals surface area contributed by atoms with E-state index < -0.39 is 26.5 Å². The van der Waals surface area contributed by atoms with Crippen molar-refractivity contribution in [1.29, 1.82) is 0 Å². The molecule has 0 fully saturated rings. The summed E-state index contributed by atoms with van der Waals surface area (Å²) in [7, 11) is 1.46. The Kier molecular flexibility index (Phi) is 53.0. The van der Waals surface area contributed by atoms with Crippen molar-refractivity contribution >= 4 is 19.8 Å². The maximum Gasteiger partial charge on any atom is 0.472 e. The minimum Gasteiger partial charge on any atom is -0.462 e. The number of unbranched alkanes of at least 4 members (excludes halogenated alkanes) is 22. The summed E-state index contributed by atoms with van der Waals surface area (Å²) < 4.78 is 34.6. The van der Waals surface area contributed by atoms with Crippen molar-refractivity contribution in [3.8, 4) is 0 Å². The number of esters is 2. The molecule has 0 spiro atoms. The van der Waals surface area contributed by atoms with Crippen molar-refractivity contribution in [3.05, 3.63) is 109 Å². The van der Waals surface area contributed by atoms with Crippen molar-refractivity contribution in [2.45, 2.75) is 245 Å². The van der Waals surface area contributed by atoms with Crippen molar-refractivity contribution in [2.75, 3.05) is 47.5 Å². The van der Waals surface area contributed by atoms with Crippen LogP contribution in [0.2, 0.25) is 0 Å². The lowest BCUT2D eigenvalue weighted by molar-refractivity contribution is -0.870. The van der Waals surface area contributed by atoms with Crippen molar-refractivity contribution < 1.29 is 42.1 Å². The highest BCUT2D eigenvalue weighted by Crippen LogP contribution is 2.43. The van der Waals surface area contributed by atoms with Crippen LogP contribution in [0.1, 0.15) is 239 Å². The molecule has 0 aliphatic carbocycles. The van der Waals surface area contributed by atoms with E-state index >= 15 is 0 Å². The molecule has 0 aliphatic rings. The van der Waals surface area contributed by atoms with E-state index in [1.54, 1.807) is 0 Å². The van der Waals surface area contributed by atoms with Crippen LogP contribution in [-0.4, -0.2) is 74.9 Å². The van der Waals surface area contributed by atoms with Crippen LogP contribution in [0.25, 0.3) is 0 Å². The van der Waals surface area contributed by atoms with Gasteiger partial charge in [-0.15, -0.1) is 0 Å². The van der Waals surface area contributed by atoms with Gasteiger partial charge in [0.1, 0.15) is 19.8 Å². The first-order chi connectivity index (χ1) is 36.5. The van der Waals surface area contributed by atoms with Gasteiger partial charge in [-0.3, -0.25) is 18.6 Å². The molecular formula is C65H113NO8P+. The molecular weight excluding hydrogens is 954 g/mol. The fourth-order valence-electron chi connectivity index (χ4n) is 7.91. The van der Waals surface area contributed by atoms with Crippen LogP contribution in [0.15, 0.2) is 109 Å². The summed E-state index contributed by atoms with van der Waals surface area (Å²) in [5.41, 5.74) is 0. The highest BCUT2D eigenvalue weighted by Gasteiger charge is 2.27. The smallest absolute Gasteiger partial charge is 0.462 e. The second-order valence-electron chi connectivity index (χ2n) is 21.0. The first-order valence-electron chi connectivity index (χ1n) is 30.1. The van der Waals surface area contributed by atoms with Gasteiger partial charge < -0.3 is 18.9 Å². The Morgan fingerprint density at radius 2 is 0.760 bits per heavy atom. The summed E-state index contributed by atoms with van der Waals surface area (Å²) in [6, 6.07) is 0. The molecule has 0 rings (SSSR count). The third-order valence-electron chi connectivity index (χ3n) is 12.5. The molecule has 0 aromatic rings. The number of quaternary nitrogens is 1. The molecule has 0 saturated carbocycles. The van der Waals surface area contributed by atoms with Crippen LogP contribution in [0.5, 0.6) is 0 Å². The van der Waals surface area contributed by atoms with Gasteiger partial charge in [-0.1, -0.05) is 232 Å². The monoisotopic (exact) mass is 1070 g/mol. The number of rotatable bonds is 54. The lowest BCUT2D eigenvalue weighted by Gasteiger charge is -2.24. The number of allylic oxidation sites excluding steroid dienone is 18. The normalized spacial score (nSPS) is 14.1. The second kappa shape index (κ2) is 55.4. The van der Waals surface area contributed by atoms with Crippen LogP contribution >= 0.6 is 7.82 Å². The topological polar surface area (TPSA) is 108 Å². The minimum absolute atomic E-state index is 0.0250. The molecule has 0 bridgehead atoms. The van der Waals surface area contributed by atoms with Crippen LogP contribution in [0.4, 0.5) is 0 Å². The Balaban J connectivity index is 4.15. The Morgan fingerprint density at radius 1 is 0.427 bits per heavy atom. The summed E-state index contributed by atoms with van der Waals surface area (Å²) in [5.74, 6) is -0.813. The summed E-state index contributed by atoms with van der Waals surface area (Å²) in [5, 5.41) is 0. The Morgan fingerprint density at radius 3 is 1.13 bits per heavy atom. The molecule has 2 atom stereocenters. The van der Waals surface area contributed by atoms with Gasteiger partial charge in [-0.2, -0.15) is 0 Å². The highest BCUT2D eigenvalue weighted by atomic mass is 31.2. The van der Waals surface area contributed by atoms with Gasteiger partial charge in [0, 0.05) is 12.8 Å². The average molecular weight is 1070 g/mol. The molecule has 0 aliphatic heterocycles. The number of carbonyl (C=O) groups excluding carboxylic acids is 2.